The number of sulfonamides is 1. The molecular formula is C15H18N4O3S2. The van der Waals surface area contributed by atoms with E-state index in [0.717, 1.165) is 23.4 Å². The van der Waals surface area contributed by atoms with E-state index >= 15 is 0 Å². The Morgan fingerprint density at radius 2 is 2.00 bits per heavy atom. The van der Waals surface area contributed by atoms with Crippen molar-refractivity contribution in [3.63, 3.8) is 0 Å². The topological polar surface area (TPSA) is 86.4 Å². The van der Waals surface area contributed by atoms with Gasteiger partial charge in [0.05, 0.1) is 15.8 Å². The Morgan fingerprint density at radius 1 is 1.25 bits per heavy atom. The Labute approximate surface area is 144 Å². The molecule has 3 heterocycles. The van der Waals surface area contributed by atoms with Crippen molar-refractivity contribution >= 4 is 27.3 Å². The van der Waals surface area contributed by atoms with Gasteiger partial charge in [-0.15, -0.1) is 11.3 Å². The van der Waals surface area contributed by atoms with Crippen LogP contribution in [0.5, 0.6) is 0 Å². The van der Waals surface area contributed by atoms with Gasteiger partial charge in [-0.1, -0.05) is 6.07 Å². The molecule has 2 fully saturated rings. The van der Waals surface area contributed by atoms with E-state index in [0.29, 0.717) is 31.9 Å². The number of hydrogen-bond acceptors (Lipinski definition) is 5. The van der Waals surface area contributed by atoms with E-state index in [1.165, 1.54) is 4.31 Å². The molecule has 1 amide bonds. The molecule has 24 heavy (non-hydrogen) atoms. The number of carbonyl (C=O) groups is 1. The maximum absolute atomic E-state index is 12.6. The lowest BCUT2D eigenvalue weighted by atomic mass is 10.2. The molecule has 128 valence electrons. The number of amides is 1. The third-order valence-corrected chi connectivity index (χ3v) is 7.72. The number of aromatic amines is 1. The summed E-state index contributed by atoms with van der Waals surface area (Å²) in [5.74, 6) is -0.155. The van der Waals surface area contributed by atoms with Crippen molar-refractivity contribution in [3.8, 4) is 10.6 Å². The van der Waals surface area contributed by atoms with Gasteiger partial charge >= 0.3 is 0 Å². The van der Waals surface area contributed by atoms with E-state index < -0.39 is 10.0 Å². The fraction of sp³-hybridized carbons (Fsp3) is 0.467. The number of carbonyl (C=O) groups excluding carboxylic acids is 1. The largest absolute Gasteiger partial charge is 0.335 e. The van der Waals surface area contributed by atoms with Crippen molar-refractivity contribution in [1.82, 2.24) is 19.4 Å². The summed E-state index contributed by atoms with van der Waals surface area (Å²) in [5, 5.41) is 8.78. The van der Waals surface area contributed by atoms with Crippen molar-refractivity contribution in [1.29, 1.82) is 0 Å². The normalized spacial score (nSPS) is 19.6. The molecule has 2 aromatic rings. The molecule has 0 spiro atoms. The Bertz CT molecular complexity index is 832. The van der Waals surface area contributed by atoms with Crippen molar-refractivity contribution in [2.45, 2.75) is 18.1 Å². The number of nitrogens with zero attached hydrogens (tertiary/aromatic N) is 3. The van der Waals surface area contributed by atoms with Gasteiger partial charge in [0.15, 0.2) is 5.69 Å². The molecule has 1 N–H and O–H groups in total. The number of thiophene rings is 1. The molecule has 1 saturated carbocycles. The summed E-state index contributed by atoms with van der Waals surface area (Å²) in [6.45, 7) is 1.55. The van der Waals surface area contributed by atoms with Gasteiger partial charge in [0.25, 0.3) is 5.91 Å². The maximum Gasteiger partial charge on any atom is 0.274 e. The van der Waals surface area contributed by atoms with Crippen LogP contribution in [0.1, 0.15) is 23.3 Å². The minimum absolute atomic E-state index is 0.155. The molecule has 4 rings (SSSR count). The summed E-state index contributed by atoms with van der Waals surface area (Å²) in [4.78, 5) is 15.3. The molecule has 1 saturated heterocycles. The highest BCUT2D eigenvalue weighted by molar-refractivity contribution is 7.90. The van der Waals surface area contributed by atoms with E-state index in [1.807, 2.05) is 17.5 Å². The van der Waals surface area contributed by atoms with Gasteiger partial charge in [0.2, 0.25) is 10.0 Å². The van der Waals surface area contributed by atoms with Crippen LogP contribution in [-0.4, -0.2) is 65.2 Å². The average Bonchev–Trinajstić information content (AvgIpc) is 3.12. The highest BCUT2D eigenvalue weighted by atomic mass is 32.2. The highest BCUT2D eigenvalue weighted by Gasteiger charge is 2.41. The first-order chi connectivity index (χ1) is 11.6. The van der Waals surface area contributed by atoms with Gasteiger partial charge in [0.1, 0.15) is 0 Å². The number of piperazine rings is 1. The average molecular weight is 366 g/mol. The summed E-state index contributed by atoms with van der Waals surface area (Å²) < 4.78 is 26.0. The van der Waals surface area contributed by atoms with Crippen LogP contribution in [0.2, 0.25) is 0 Å². The van der Waals surface area contributed by atoms with E-state index in [4.69, 9.17) is 0 Å². The van der Waals surface area contributed by atoms with Crippen molar-refractivity contribution in [3.05, 3.63) is 29.3 Å². The summed E-state index contributed by atoms with van der Waals surface area (Å²) in [6, 6.07) is 5.66. The predicted octanol–water partition coefficient (Wildman–Crippen LogP) is 1.39. The smallest absolute Gasteiger partial charge is 0.274 e. The maximum atomic E-state index is 12.6. The van der Waals surface area contributed by atoms with Crippen molar-refractivity contribution in [2.24, 2.45) is 0 Å². The molecule has 2 aliphatic rings. The second kappa shape index (κ2) is 5.98. The summed E-state index contributed by atoms with van der Waals surface area (Å²) in [6.07, 6.45) is 1.53. The Morgan fingerprint density at radius 3 is 2.62 bits per heavy atom. The molecule has 0 bridgehead atoms. The third kappa shape index (κ3) is 2.87. The quantitative estimate of drug-likeness (QED) is 0.886. The van der Waals surface area contributed by atoms with Gasteiger partial charge in [0, 0.05) is 26.2 Å². The third-order valence-electron chi connectivity index (χ3n) is 4.41. The standard InChI is InChI=1S/C15H18N4O3S2/c20-15(13-10-12(16-17-13)14-2-1-9-23-14)18-5-7-19(8-6-18)24(21,22)11-3-4-11/h1-2,9-11H,3-8H2,(H,16,17). The highest BCUT2D eigenvalue weighted by Crippen LogP contribution is 2.31. The summed E-state index contributed by atoms with van der Waals surface area (Å²) >= 11 is 1.58. The zero-order chi connectivity index (χ0) is 16.7. The van der Waals surface area contributed by atoms with Crippen LogP contribution >= 0.6 is 11.3 Å². The van der Waals surface area contributed by atoms with E-state index in [2.05, 4.69) is 10.2 Å². The lowest BCUT2D eigenvalue weighted by molar-refractivity contribution is 0.0692. The Balaban J connectivity index is 1.41. The second-order valence-electron chi connectivity index (χ2n) is 6.08. The molecule has 9 heteroatoms. The zero-order valence-corrected chi connectivity index (χ0v) is 14.6. The van der Waals surface area contributed by atoms with E-state index in [9.17, 15) is 13.2 Å². The van der Waals surface area contributed by atoms with Crippen LogP contribution in [0.25, 0.3) is 10.6 Å². The van der Waals surface area contributed by atoms with Gasteiger partial charge in [-0.2, -0.15) is 9.40 Å². The molecule has 0 atom stereocenters. The molecule has 0 unspecified atom stereocenters. The zero-order valence-electron chi connectivity index (χ0n) is 13.0. The van der Waals surface area contributed by atoms with Crippen LogP contribution in [0.15, 0.2) is 23.6 Å². The number of H-pyrrole nitrogens is 1. The van der Waals surface area contributed by atoms with Gasteiger partial charge in [-0.25, -0.2) is 8.42 Å². The van der Waals surface area contributed by atoms with Crippen molar-refractivity contribution < 1.29 is 13.2 Å². The van der Waals surface area contributed by atoms with Gasteiger partial charge in [-0.3, -0.25) is 9.89 Å². The predicted molar refractivity (Wildman–Crippen MR) is 91.3 cm³/mol. The first kappa shape index (κ1) is 15.8. The minimum Gasteiger partial charge on any atom is -0.335 e. The monoisotopic (exact) mass is 366 g/mol. The number of rotatable bonds is 4. The second-order valence-corrected chi connectivity index (χ2v) is 9.24. The molecule has 0 radical (unpaired) electrons. The lowest BCUT2D eigenvalue weighted by Crippen LogP contribution is -2.51. The first-order valence-electron chi connectivity index (χ1n) is 7.93. The van der Waals surface area contributed by atoms with Crippen LogP contribution in [0.4, 0.5) is 0 Å². The molecule has 7 nitrogen and oxygen atoms in total. The van der Waals surface area contributed by atoms with Gasteiger partial charge in [-0.05, 0) is 30.4 Å². The summed E-state index contributed by atoms with van der Waals surface area (Å²) in [7, 11) is -3.15. The molecule has 1 aliphatic heterocycles. The van der Waals surface area contributed by atoms with Gasteiger partial charge < -0.3 is 4.90 Å². The fourth-order valence-electron chi connectivity index (χ4n) is 2.87. The van der Waals surface area contributed by atoms with Crippen LogP contribution in [0, 0.1) is 0 Å². The molecular weight excluding hydrogens is 348 g/mol. The van der Waals surface area contributed by atoms with Crippen molar-refractivity contribution in [2.75, 3.05) is 26.2 Å². The lowest BCUT2D eigenvalue weighted by Gasteiger charge is -2.33. The van der Waals surface area contributed by atoms with E-state index in [-0.39, 0.29) is 11.2 Å². The van der Waals surface area contributed by atoms with Crippen LogP contribution in [-0.2, 0) is 10.0 Å². The molecule has 2 aromatic heterocycles. The van der Waals surface area contributed by atoms with Crippen LogP contribution < -0.4 is 0 Å². The van der Waals surface area contributed by atoms with E-state index in [1.54, 1.807) is 22.3 Å². The fourth-order valence-corrected chi connectivity index (χ4v) is 5.39. The Kier molecular flexibility index (Phi) is 3.93. The molecule has 0 aromatic carbocycles. The SMILES string of the molecule is O=C(c1cc(-c2cccs2)[nH]n1)N1CCN(S(=O)(=O)C2CC2)CC1. The number of nitrogens with one attached hydrogen (secondary N) is 1. The number of hydrogen-bond donors (Lipinski definition) is 1. The van der Waals surface area contributed by atoms with Crippen LogP contribution in [0.3, 0.4) is 0 Å². The number of aromatic nitrogens is 2. The summed E-state index contributed by atoms with van der Waals surface area (Å²) in [5.41, 5.74) is 1.19. The Hall–Kier alpha value is -1.71. The molecule has 1 aliphatic carbocycles. The minimum atomic E-state index is -3.15. The first-order valence-corrected chi connectivity index (χ1v) is 10.3.